The van der Waals surface area contributed by atoms with Crippen LogP contribution in [0.4, 0.5) is 11.4 Å². The molecule has 2 aromatic rings. The molecule has 2 amide bonds. The Morgan fingerprint density at radius 2 is 1.86 bits per heavy atom. The molecule has 0 spiro atoms. The van der Waals surface area contributed by atoms with Gasteiger partial charge in [0.25, 0.3) is 5.91 Å². The molecule has 154 valence electrons. The minimum Gasteiger partial charge on any atom is -0.497 e. The van der Waals surface area contributed by atoms with E-state index in [-0.39, 0.29) is 23.1 Å². The molecule has 0 unspecified atom stereocenters. The molecule has 0 fully saturated rings. The normalized spacial score (nSPS) is 13.4. The number of sulfonamides is 1. The van der Waals surface area contributed by atoms with Crippen LogP contribution in [0, 0.1) is 0 Å². The Bertz CT molecular complexity index is 1070. The van der Waals surface area contributed by atoms with Gasteiger partial charge < -0.3 is 15.0 Å². The van der Waals surface area contributed by atoms with Crippen LogP contribution < -0.4 is 14.8 Å². The number of amides is 2. The van der Waals surface area contributed by atoms with Gasteiger partial charge in [-0.25, -0.2) is 8.42 Å². The molecule has 8 nitrogen and oxygen atoms in total. The summed E-state index contributed by atoms with van der Waals surface area (Å²) in [7, 11) is -1.99. The van der Waals surface area contributed by atoms with Gasteiger partial charge in [-0.15, -0.1) is 0 Å². The monoisotopic (exact) mass is 417 g/mol. The fraction of sp³-hybridized carbons (Fsp3) is 0.300. The van der Waals surface area contributed by atoms with Gasteiger partial charge >= 0.3 is 0 Å². The highest BCUT2D eigenvalue weighted by molar-refractivity contribution is 7.92. The summed E-state index contributed by atoms with van der Waals surface area (Å²) in [5.41, 5.74) is 2.89. The highest BCUT2D eigenvalue weighted by atomic mass is 32.2. The maximum Gasteiger partial charge on any atom is 0.256 e. The van der Waals surface area contributed by atoms with Crippen LogP contribution in [0.25, 0.3) is 0 Å². The Kier molecular flexibility index (Phi) is 5.78. The van der Waals surface area contributed by atoms with Gasteiger partial charge in [0.1, 0.15) is 5.75 Å². The maximum absolute atomic E-state index is 13.3. The standard InChI is InChI=1S/C20H23N3O5S/c1-13(24)21-16-5-7-19(22-29(3,26)27)18(11-16)20(25)23-9-8-14-4-6-17(28-2)10-15(14)12-23/h4-7,10-11,22H,8-9,12H2,1-3H3,(H,21,24). The number of hydrogen-bond donors (Lipinski definition) is 2. The Balaban J connectivity index is 1.94. The third-order valence-corrected chi connectivity index (χ3v) is 5.17. The lowest BCUT2D eigenvalue weighted by molar-refractivity contribution is -0.114. The molecule has 3 rings (SSSR count). The number of benzene rings is 2. The van der Waals surface area contributed by atoms with E-state index in [1.807, 2.05) is 18.2 Å². The molecule has 1 aliphatic rings. The largest absolute Gasteiger partial charge is 0.497 e. The molecular formula is C20H23N3O5S. The quantitative estimate of drug-likeness (QED) is 0.776. The lowest BCUT2D eigenvalue weighted by Gasteiger charge is -2.30. The van der Waals surface area contributed by atoms with Gasteiger partial charge in [-0.05, 0) is 47.9 Å². The van der Waals surface area contributed by atoms with Crippen molar-refractivity contribution in [2.75, 3.05) is 29.9 Å². The van der Waals surface area contributed by atoms with Crippen LogP contribution in [0.1, 0.15) is 28.4 Å². The van der Waals surface area contributed by atoms with Crippen molar-refractivity contribution in [1.82, 2.24) is 4.90 Å². The number of hydrogen-bond acceptors (Lipinski definition) is 5. The van der Waals surface area contributed by atoms with Crippen LogP contribution in [0.5, 0.6) is 5.75 Å². The topological polar surface area (TPSA) is 105 Å². The van der Waals surface area contributed by atoms with Crippen molar-refractivity contribution in [2.24, 2.45) is 0 Å². The molecule has 29 heavy (non-hydrogen) atoms. The van der Waals surface area contributed by atoms with E-state index >= 15 is 0 Å². The summed E-state index contributed by atoms with van der Waals surface area (Å²) in [6, 6.07) is 10.3. The van der Waals surface area contributed by atoms with Crippen molar-refractivity contribution in [1.29, 1.82) is 0 Å². The first-order valence-electron chi connectivity index (χ1n) is 9.01. The summed E-state index contributed by atoms with van der Waals surface area (Å²) in [4.78, 5) is 26.3. The first-order valence-corrected chi connectivity index (χ1v) is 10.9. The van der Waals surface area contributed by atoms with Crippen LogP contribution >= 0.6 is 0 Å². The minimum atomic E-state index is -3.58. The highest BCUT2D eigenvalue weighted by Crippen LogP contribution is 2.28. The average molecular weight is 417 g/mol. The predicted octanol–water partition coefficient (Wildman–Crippen LogP) is 2.22. The first-order chi connectivity index (χ1) is 13.7. The van der Waals surface area contributed by atoms with Gasteiger partial charge in [0.05, 0.1) is 24.6 Å². The van der Waals surface area contributed by atoms with Crippen LogP contribution in [0.15, 0.2) is 36.4 Å². The molecule has 2 N–H and O–H groups in total. The smallest absolute Gasteiger partial charge is 0.256 e. The second kappa shape index (κ2) is 8.12. The average Bonchev–Trinajstić information content (AvgIpc) is 2.66. The third kappa shape index (κ3) is 5.05. The van der Waals surface area contributed by atoms with Crippen molar-refractivity contribution in [3.8, 4) is 5.75 Å². The van der Waals surface area contributed by atoms with E-state index in [0.717, 1.165) is 17.4 Å². The van der Waals surface area contributed by atoms with Crippen LogP contribution in [0.3, 0.4) is 0 Å². The van der Waals surface area contributed by atoms with Crippen molar-refractivity contribution < 1.29 is 22.7 Å². The van der Waals surface area contributed by atoms with Crippen LogP contribution in [0.2, 0.25) is 0 Å². The summed E-state index contributed by atoms with van der Waals surface area (Å²) < 4.78 is 31.1. The number of nitrogens with one attached hydrogen (secondary N) is 2. The van der Waals surface area contributed by atoms with E-state index in [1.54, 1.807) is 18.1 Å². The summed E-state index contributed by atoms with van der Waals surface area (Å²) in [6.45, 7) is 2.24. The predicted molar refractivity (Wildman–Crippen MR) is 111 cm³/mol. The lowest BCUT2D eigenvalue weighted by atomic mass is 9.98. The molecule has 2 aromatic carbocycles. The fourth-order valence-corrected chi connectivity index (χ4v) is 3.87. The van der Waals surface area contributed by atoms with Gasteiger partial charge in [0.2, 0.25) is 15.9 Å². The Labute approximate surface area is 169 Å². The highest BCUT2D eigenvalue weighted by Gasteiger charge is 2.25. The number of carbonyl (C=O) groups is 2. The van der Waals surface area contributed by atoms with E-state index < -0.39 is 10.0 Å². The zero-order valence-corrected chi connectivity index (χ0v) is 17.3. The van der Waals surface area contributed by atoms with E-state index in [2.05, 4.69) is 10.0 Å². The second-order valence-electron chi connectivity index (χ2n) is 6.93. The van der Waals surface area contributed by atoms with Gasteiger partial charge in [-0.1, -0.05) is 6.07 Å². The number of carbonyl (C=O) groups excluding carboxylic acids is 2. The molecular weight excluding hydrogens is 394 g/mol. The molecule has 0 atom stereocenters. The molecule has 1 heterocycles. The first kappa shape index (κ1) is 20.7. The number of methoxy groups -OCH3 is 1. The van der Waals surface area contributed by atoms with E-state index in [0.29, 0.717) is 30.9 Å². The van der Waals surface area contributed by atoms with E-state index in [9.17, 15) is 18.0 Å². The number of nitrogens with zero attached hydrogens (tertiary/aromatic N) is 1. The molecule has 0 radical (unpaired) electrons. The van der Waals surface area contributed by atoms with Crippen molar-refractivity contribution >= 4 is 33.2 Å². The van der Waals surface area contributed by atoms with Gasteiger partial charge in [-0.3, -0.25) is 14.3 Å². The number of fused-ring (bicyclic) bond motifs is 1. The lowest BCUT2D eigenvalue weighted by Crippen LogP contribution is -2.36. The molecule has 1 aliphatic heterocycles. The second-order valence-corrected chi connectivity index (χ2v) is 8.68. The zero-order valence-electron chi connectivity index (χ0n) is 16.5. The molecule has 0 bridgehead atoms. The SMILES string of the molecule is COc1ccc2c(c1)CN(C(=O)c1cc(NC(C)=O)ccc1NS(C)(=O)=O)CC2. The van der Waals surface area contributed by atoms with Crippen molar-refractivity contribution in [3.63, 3.8) is 0 Å². The van der Waals surface area contributed by atoms with E-state index in [4.69, 9.17) is 4.74 Å². The molecule has 0 saturated heterocycles. The summed E-state index contributed by atoms with van der Waals surface area (Å²) in [6.07, 6.45) is 1.71. The van der Waals surface area contributed by atoms with Crippen molar-refractivity contribution in [2.45, 2.75) is 19.9 Å². The fourth-order valence-electron chi connectivity index (χ4n) is 3.30. The minimum absolute atomic E-state index is 0.169. The van der Waals surface area contributed by atoms with Gasteiger partial charge in [0, 0.05) is 25.7 Å². The zero-order chi connectivity index (χ0) is 21.2. The number of ether oxygens (including phenoxy) is 1. The summed E-state index contributed by atoms with van der Waals surface area (Å²) in [5, 5.41) is 2.62. The molecule has 0 saturated carbocycles. The molecule has 9 heteroatoms. The Morgan fingerprint density at radius 1 is 1.10 bits per heavy atom. The van der Waals surface area contributed by atoms with Crippen molar-refractivity contribution in [3.05, 3.63) is 53.1 Å². The van der Waals surface area contributed by atoms with Crippen LogP contribution in [-0.4, -0.2) is 45.0 Å². The van der Waals surface area contributed by atoms with Gasteiger partial charge in [0.15, 0.2) is 0 Å². The summed E-state index contributed by atoms with van der Waals surface area (Å²) >= 11 is 0. The van der Waals surface area contributed by atoms with E-state index in [1.165, 1.54) is 19.1 Å². The number of rotatable bonds is 5. The van der Waals surface area contributed by atoms with Gasteiger partial charge in [-0.2, -0.15) is 0 Å². The third-order valence-electron chi connectivity index (χ3n) is 4.58. The van der Waals surface area contributed by atoms with Crippen LogP contribution in [-0.2, 0) is 27.8 Å². The molecule has 0 aromatic heterocycles. The number of anilines is 2. The summed E-state index contributed by atoms with van der Waals surface area (Å²) in [5.74, 6) is 0.105. The Hall–Kier alpha value is -3.07. The Morgan fingerprint density at radius 3 is 2.52 bits per heavy atom. The molecule has 0 aliphatic carbocycles. The maximum atomic E-state index is 13.3.